The number of thioether (sulfide) groups is 1. The lowest BCUT2D eigenvalue weighted by molar-refractivity contribution is -0.106. The van der Waals surface area contributed by atoms with Gasteiger partial charge in [0, 0.05) is 21.1 Å². The quantitative estimate of drug-likeness (QED) is 0.628. The molecule has 0 unspecified atom stereocenters. The van der Waals surface area contributed by atoms with E-state index in [4.69, 9.17) is 0 Å². The highest BCUT2D eigenvalue weighted by atomic mass is 32.2. The third-order valence-corrected chi connectivity index (χ3v) is 7.12. The minimum Gasteiger partial charge on any atom is -0.282 e. The van der Waals surface area contributed by atoms with Gasteiger partial charge >= 0.3 is 0 Å². The number of carbonyl (C=O) groups is 2. The average Bonchev–Trinajstić information content (AvgIpc) is 3.16. The number of fused-ring (bicyclic) bond motifs is 2. The van der Waals surface area contributed by atoms with Gasteiger partial charge in [0.15, 0.2) is 0 Å². The normalized spacial score (nSPS) is 18.7. The van der Waals surface area contributed by atoms with Gasteiger partial charge in [-0.25, -0.2) is 0 Å². The Labute approximate surface area is 145 Å². The molecule has 0 radical (unpaired) electrons. The summed E-state index contributed by atoms with van der Waals surface area (Å²) in [4.78, 5) is 27.4. The lowest BCUT2D eigenvalue weighted by Gasteiger charge is -2.09. The summed E-state index contributed by atoms with van der Waals surface area (Å²) in [6, 6.07) is 4.05. The maximum Gasteiger partial charge on any atom is 0.225 e. The summed E-state index contributed by atoms with van der Waals surface area (Å²) in [6.07, 6.45) is 0.733. The summed E-state index contributed by atoms with van der Waals surface area (Å²) in [5.41, 5.74) is 4.61. The van der Waals surface area contributed by atoms with E-state index in [1.807, 2.05) is 23.8 Å². The van der Waals surface area contributed by atoms with Crippen LogP contribution >= 0.6 is 47.1 Å². The molecule has 0 saturated heterocycles. The van der Waals surface area contributed by atoms with Crippen molar-refractivity contribution in [3.8, 4) is 0 Å². The van der Waals surface area contributed by atoms with Crippen molar-refractivity contribution in [3.05, 3.63) is 54.3 Å². The molecule has 6 heteroatoms. The number of thiophene rings is 2. The molecule has 110 valence electrons. The van der Waals surface area contributed by atoms with Crippen molar-refractivity contribution in [2.24, 2.45) is 0 Å². The zero-order valence-corrected chi connectivity index (χ0v) is 14.8. The second-order valence-electron chi connectivity index (χ2n) is 5.14. The summed E-state index contributed by atoms with van der Waals surface area (Å²) in [6.45, 7) is 1.98. The van der Waals surface area contributed by atoms with Gasteiger partial charge in [0.2, 0.25) is 10.2 Å². The first-order chi connectivity index (χ1) is 10.6. The second kappa shape index (κ2) is 5.23. The maximum absolute atomic E-state index is 12.5. The highest BCUT2D eigenvalue weighted by Gasteiger charge is 2.39. The first kappa shape index (κ1) is 14.5. The van der Waals surface area contributed by atoms with E-state index in [1.54, 1.807) is 11.3 Å². The Kier molecular flexibility index (Phi) is 3.45. The molecule has 2 nitrogen and oxygen atoms in total. The highest BCUT2D eigenvalue weighted by Crippen LogP contribution is 2.53. The summed E-state index contributed by atoms with van der Waals surface area (Å²) < 4.78 is 0. The molecule has 1 aliphatic heterocycles. The van der Waals surface area contributed by atoms with Crippen LogP contribution in [-0.2, 0) is 16.0 Å². The van der Waals surface area contributed by atoms with Crippen LogP contribution in [0.4, 0.5) is 0 Å². The maximum atomic E-state index is 12.5. The third kappa shape index (κ3) is 2.01. The molecule has 0 N–H and O–H groups in total. The molecule has 0 amide bonds. The molecule has 0 fully saturated rings. The van der Waals surface area contributed by atoms with Crippen LogP contribution in [0.5, 0.6) is 0 Å². The van der Waals surface area contributed by atoms with E-state index in [2.05, 4.69) is 18.7 Å². The molecule has 0 bridgehead atoms. The van der Waals surface area contributed by atoms with Crippen LogP contribution in [0.1, 0.15) is 20.9 Å². The Hall–Kier alpha value is -1.08. The van der Waals surface area contributed by atoms with Crippen LogP contribution < -0.4 is 0 Å². The smallest absolute Gasteiger partial charge is 0.225 e. The molecule has 4 rings (SSSR count). The van der Waals surface area contributed by atoms with Gasteiger partial charge in [0.05, 0.1) is 11.1 Å². The minimum atomic E-state index is -0.273. The van der Waals surface area contributed by atoms with E-state index in [0.29, 0.717) is 5.57 Å². The van der Waals surface area contributed by atoms with Gasteiger partial charge in [-0.15, -0.1) is 35.3 Å². The zero-order chi connectivity index (χ0) is 15.4. The van der Waals surface area contributed by atoms with Crippen LogP contribution in [0.3, 0.4) is 0 Å². The van der Waals surface area contributed by atoms with Gasteiger partial charge in [0.1, 0.15) is 0 Å². The Bertz CT molecular complexity index is 895. The molecule has 3 heterocycles. The fraction of sp³-hybridized carbons (Fsp3) is 0.125. The van der Waals surface area contributed by atoms with Crippen LogP contribution in [-0.4, -0.2) is 10.2 Å². The summed E-state index contributed by atoms with van der Waals surface area (Å²) in [5, 5.41) is 3.75. The SMILES string of the molecule is Cc1ccsc1/C(C(=O)S)=C1\SC(=O)C2=C1Cc1ccsc12. The van der Waals surface area contributed by atoms with E-state index in [-0.39, 0.29) is 10.2 Å². The molecule has 1 aliphatic carbocycles. The number of allylic oxidation sites excluding steroid dienone is 1. The van der Waals surface area contributed by atoms with E-state index in [9.17, 15) is 9.59 Å². The molecule has 0 aromatic carbocycles. The lowest BCUT2D eigenvalue weighted by Crippen LogP contribution is -1.99. The number of aryl methyl sites for hydroxylation is 1. The van der Waals surface area contributed by atoms with Crippen molar-refractivity contribution in [2.45, 2.75) is 13.3 Å². The number of hydrogen-bond acceptors (Lipinski definition) is 5. The number of carbonyl (C=O) groups excluding carboxylic acids is 2. The number of hydrogen-bond donors (Lipinski definition) is 1. The molecule has 2 aromatic heterocycles. The fourth-order valence-corrected chi connectivity index (χ4v) is 6.43. The van der Waals surface area contributed by atoms with Gasteiger partial charge in [-0.05, 0) is 58.3 Å². The van der Waals surface area contributed by atoms with Crippen molar-refractivity contribution >= 4 is 68.4 Å². The largest absolute Gasteiger partial charge is 0.282 e. The van der Waals surface area contributed by atoms with Crippen LogP contribution in [0.25, 0.3) is 11.1 Å². The van der Waals surface area contributed by atoms with Gasteiger partial charge < -0.3 is 0 Å². The summed E-state index contributed by atoms with van der Waals surface area (Å²) >= 11 is 8.37. The topological polar surface area (TPSA) is 34.1 Å². The van der Waals surface area contributed by atoms with E-state index >= 15 is 0 Å². The Morgan fingerprint density at radius 3 is 2.68 bits per heavy atom. The van der Waals surface area contributed by atoms with Crippen molar-refractivity contribution in [1.29, 1.82) is 0 Å². The highest BCUT2D eigenvalue weighted by molar-refractivity contribution is 8.19. The van der Waals surface area contributed by atoms with Gasteiger partial charge in [-0.2, -0.15) is 0 Å². The van der Waals surface area contributed by atoms with Crippen LogP contribution in [0.15, 0.2) is 33.4 Å². The molecule has 22 heavy (non-hydrogen) atoms. The molecule has 0 saturated carbocycles. The predicted molar refractivity (Wildman–Crippen MR) is 97.5 cm³/mol. The summed E-state index contributed by atoms with van der Waals surface area (Å²) in [7, 11) is 0. The monoisotopic (exact) mass is 362 g/mol. The van der Waals surface area contributed by atoms with Crippen molar-refractivity contribution in [2.75, 3.05) is 0 Å². The first-order valence-corrected chi connectivity index (χ1v) is 9.64. The molecular formula is C16H10O2S4. The van der Waals surface area contributed by atoms with Gasteiger partial charge in [0.25, 0.3) is 0 Å². The standard InChI is InChI=1S/C16H10O2S4/c1-7-2-4-20-12(7)11(15(17)19)14-9-6-8-3-5-21-13(8)10(9)16(18)22-14/h2-5H,6H2,1H3,(H,17,19)/b14-11+. The van der Waals surface area contributed by atoms with Gasteiger partial charge in [-0.3, -0.25) is 9.59 Å². The first-order valence-electron chi connectivity index (χ1n) is 6.62. The van der Waals surface area contributed by atoms with E-state index in [0.717, 1.165) is 37.8 Å². The Morgan fingerprint density at radius 1 is 1.23 bits per heavy atom. The average molecular weight is 363 g/mol. The molecule has 2 aromatic rings. The molecule has 2 aliphatic rings. The van der Waals surface area contributed by atoms with Crippen molar-refractivity contribution < 1.29 is 9.59 Å². The van der Waals surface area contributed by atoms with Gasteiger partial charge in [-0.1, -0.05) is 0 Å². The molecular weight excluding hydrogens is 352 g/mol. The molecule has 0 atom stereocenters. The van der Waals surface area contributed by atoms with Crippen LogP contribution in [0, 0.1) is 6.92 Å². The zero-order valence-electron chi connectivity index (χ0n) is 11.5. The lowest BCUT2D eigenvalue weighted by atomic mass is 10.0. The fourth-order valence-electron chi connectivity index (χ4n) is 2.85. The van der Waals surface area contributed by atoms with E-state index < -0.39 is 0 Å². The second-order valence-corrected chi connectivity index (χ2v) is 8.36. The minimum absolute atomic E-state index is 0.0486. The van der Waals surface area contributed by atoms with Crippen molar-refractivity contribution in [3.63, 3.8) is 0 Å². The molecule has 0 spiro atoms. The number of rotatable bonds is 2. The van der Waals surface area contributed by atoms with Crippen LogP contribution in [0.2, 0.25) is 0 Å². The third-order valence-electron chi connectivity index (χ3n) is 3.85. The summed E-state index contributed by atoms with van der Waals surface area (Å²) in [5.74, 6) is 0. The Morgan fingerprint density at radius 2 is 2.00 bits per heavy atom. The van der Waals surface area contributed by atoms with E-state index in [1.165, 1.54) is 28.7 Å². The number of thiol groups is 1. The van der Waals surface area contributed by atoms with Crippen molar-refractivity contribution in [1.82, 2.24) is 0 Å². The predicted octanol–water partition coefficient (Wildman–Crippen LogP) is 4.57. The Balaban J connectivity index is 1.96.